The summed E-state index contributed by atoms with van der Waals surface area (Å²) < 4.78 is 38.6. The molecule has 0 bridgehead atoms. The Bertz CT molecular complexity index is 837. The minimum atomic E-state index is -4.35. The van der Waals surface area contributed by atoms with E-state index < -0.39 is 11.7 Å². The van der Waals surface area contributed by atoms with Crippen molar-refractivity contribution in [1.82, 2.24) is 4.90 Å². The first-order valence-electron chi connectivity index (χ1n) is 8.79. The van der Waals surface area contributed by atoms with Gasteiger partial charge in [0.1, 0.15) is 0 Å². The summed E-state index contributed by atoms with van der Waals surface area (Å²) >= 11 is 0. The molecule has 1 aliphatic heterocycles. The lowest BCUT2D eigenvalue weighted by molar-refractivity contribution is -0.137. The summed E-state index contributed by atoms with van der Waals surface area (Å²) in [6.07, 6.45) is -0.993. The quantitative estimate of drug-likeness (QED) is 0.745. The Morgan fingerprint density at radius 3 is 2.37 bits per heavy atom. The molecular formula is C21H21F3N2O. The summed E-state index contributed by atoms with van der Waals surface area (Å²) in [6, 6.07) is 13.1. The maximum absolute atomic E-state index is 12.9. The molecule has 6 heteroatoms. The standard InChI is InChI=1S/C21H21F3N2O/c1-16-5-2-3-6-17(16)9-10-20(27)26-13-11-25(12-14-26)19-8-4-7-18(15-19)21(22,23)24/h2-10,15H,11-14H2,1H3/b10-9+. The Hall–Kier alpha value is -2.76. The zero-order valence-corrected chi connectivity index (χ0v) is 15.0. The van der Waals surface area contributed by atoms with Crippen molar-refractivity contribution in [3.63, 3.8) is 0 Å². The van der Waals surface area contributed by atoms with Crippen LogP contribution in [0.15, 0.2) is 54.6 Å². The lowest BCUT2D eigenvalue weighted by Crippen LogP contribution is -2.48. The highest BCUT2D eigenvalue weighted by molar-refractivity contribution is 5.92. The average molecular weight is 374 g/mol. The highest BCUT2D eigenvalue weighted by Gasteiger charge is 2.31. The third-order valence-electron chi connectivity index (χ3n) is 4.72. The van der Waals surface area contributed by atoms with E-state index in [4.69, 9.17) is 0 Å². The first-order chi connectivity index (χ1) is 12.8. The first-order valence-corrected chi connectivity index (χ1v) is 8.79. The predicted molar refractivity (Wildman–Crippen MR) is 100 cm³/mol. The van der Waals surface area contributed by atoms with Crippen LogP contribution in [0.4, 0.5) is 18.9 Å². The second kappa shape index (κ2) is 7.86. The first kappa shape index (κ1) is 19.0. The van der Waals surface area contributed by atoms with E-state index >= 15 is 0 Å². The fourth-order valence-corrected chi connectivity index (χ4v) is 3.10. The normalized spacial score (nSPS) is 15.4. The van der Waals surface area contributed by atoms with E-state index in [1.54, 1.807) is 23.1 Å². The minimum absolute atomic E-state index is 0.0815. The molecule has 2 aromatic rings. The van der Waals surface area contributed by atoms with Crippen molar-refractivity contribution in [1.29, 1.82) is 0 Å². The second-order valence-electron chi connectivity index (χ2n) is 6.55. The average Bonchev–Trinajstić information content (AvgIpc) is 2.67. The molecule has 0 radical (unpaired) electrons. The van der Waals surface area contributed by atoms with E-state index in [2.05, 4.69) is 0 Å². The van der Waals surface area contributed by atoms with Crippen molar-refractivity contribution < 1.29 is 18.0 Å². The van der Waals surface area contributed by atoms with Gasteiger partial charge in [-0.15, -0.1) is 0 Å². The fraction of sp³-hybridized carbons (Fsp3) is 0.286. The summed E-state index contributed by atoms with van der Waals surface area (Å²) in [5.41, 5.74) is 1.97. The molecule has 1 aliphatic rings. The number of aryl methyl sites for hydroxylation is 1. The molecule has 0 aromatic heterocycles. The number of piperazine rings is 1. The molecule has 0 N–H and O–H groups in total. The zero-order valence-electron chi connectivity index (χ0n) is 15.0. The Labute approximate surface area is 156 Å². The summed E-state index contributed by atoms with van der Waals surface area (Å²) in [6.45, 7) is 3.95. The molecule has 1 saturated heterocycles. The number of amides is 1. The number of anilines is 1. The summed E-state index contributed by atoms with van der Waals surface area (Å²) in [4.78, 5) is 16.0. The van der Waals surface area contributed by atoms with Crippen LogP contribution in [-0.2, 0) is 11.0 Å². The van der Waals surface area contributed by atoms with Gasteiger partial charge in [0.2, 0.25) is 5.91 Å². The van der Waals surface area contributed by atoms with Gasteiger partial charge >= 0.3 is 6.18 Å². The number of hydrogen-bond acceptors (Lipinski definition) is 2. The molecule has 3 rings (SSSR count). The van der Waals surface area contributed by atoms with Crippen molar-refractivity contribution in [2.75, 3.05) is 31.1 Å². The second-order valence-corrected chi connectivity index (χ2v) is 6.55. The van der Waals surface area contributed by atoms with E-state index in [1.807, 2.05) is 36.1 Å². The minimum Gasteiger partial charge on any atom is -0.368 e. The van der Waals surface area contributed by atoms with Gasteiger partial charge in [-0.2, -0.15) is 13.2 Å². The van der Waals surface area contributed by atoms with Crippen molar-refractivity contribution in [2.24, 2.45) is 0 Å². The smallest absolute Gasteiger partial charge is 0.368 e. The van der Waals surface area contributed by atoms with Crippen LogP contribution in [-0.4, -0.2) is 37.0 Å². The van der Waals surface area contributed by atoms with Crippen LogP contribution in [0.25, 0.3) is 6.08 Å². The lowest BCUT2D eigenvalue weighted by Gasteiger charge is -2.36. The molecule has 142 valence electrons. The molecule has 0 aliphatic carbocycles. The molecule has 27 heavy (non-hydrogen) atoms. The molecule has 0 saturated carbocycles. The number of halogens is 3. The lowest BCUT2D eigenvalue weighted by atomic mass is 10.1. The van der Waals surface area contributed by atoms with Crippen LogP contribution in [0.3, 0.4) is 0 Å². The van der Waals surface area contributed by atoms with Crippen LogP contribution in [0.1, 0.15) is 16.7 Å². The third kappa shape index (κ3) is 4.70. The Morgan fingerprint density at radius 2 is 1.70 bits per heavy atom. The number of hydrogen-bond donors (Lipinski definition) is 0. The monoisotopic (exact) mass is 374 g/mol. The van der Waals surface area contributed by atoms with Gasteiger partial charge in [-0.05, 0) is 42.3 Å². The number of carbonyl (C=O) groups is 1. The Morgan fingerprint density at radius 1 is 1.00 bits per heavy atom. The molecule has 0 unspecified atom stereocenters. The molecule has 0 atom stereocenters. The maximum atomic E-state index is 12.9. The van der Waals surface area contributed by atoms with E-state index in [0.717, 1.165) is 23.3 Å². The van der Waals surface area contributed by atoms with Gasteiger partial charge in [0, 0.05) is 37.9 Å². The van der Waals surface area contributed by atoms with Crippen molar-refractivity contribution >= 4 is 17.7 Å². The summed E-state index contributed by atoms with van der Waals surface area (Å²) in [7, 11) is 0. The van der Waals surface area contributed by atoms with Crippen molar-refractivity contribution in [3.8, 4) is 0 Å². The number of nitrogens with zero attached hydrogens (tertiary/aromatic N) is 2. The topological polar surface area (TPSA) is 23.6 Å². The molecule has 2 aromatic carbocycles. The van der Waals surface area contributed by atoms with Gasteiger partial charge in [-0.25, -0.2) is 0 Å². The van der Waals surface area contributed by atoms with E-state index in [1.165, 1.54) is 6.07 Å². The van der Waals surface area contributed by atoms with Crippen LogP contribution in [0.2, 0.25) is 0 Å². The SMILES string of the molecule is Cc1ccccc1/C=C/C(=O)N1CCN(c2cccc(C(F)(F)F)c2)CC1. The van der Waals surface area contributed by atoms with Gasteiger partial charge in [-0.3, -0.25) is 4.79 Å². The Balaban J connectivity index is 1.60. The molecule has 1 fully saturated rings. The number of rotatable bonds is 3. The number of carbonyl (C=O) groups excluding carboxylic acids is 1. The summed E-state index contributed by atoms with van der Waals surface area (Å²) in [5.74, 6) is -0.0815. The highest BCUT2D eigenvalue weighted by Crippen LogP contribution is 2.31. The van der Waals surface area contributed by atoms with Crippen LogP contribution in [0, 0.1) is 6.92 Å². The largest absolute Gasteiger partial charge is 0.416 e. The molecular weight excluding hydrogens is 353 g/mol. The molecule has 0 spiro atoms. The highest BCUT2D eigenvalue weighted by atomic mass is 19.4. The zero-order chi connectivity index (χ0) is 19.4. The van der Waals surface area contributed by atoms with Gasteiger partial charge < -0.3 is 9.80 Å². The fourth-order valence-electron chi connectivity index (χ4n) is 3.10. The van der Waals surface area contributed by atoms with Gasteiger partial charge in [0.05, 0.1) is 5.56 Å². The molecule has 1 amide bonds. The van der Waals surface area contributed by atoms with Crippen LogP contribution >= 0.6 is 0 Å². The van der Waals surface area contributed by atoms with Crippen LogP contribution in [0.5, 0.6) is 0 Å². The van der Waals surface area contributed by atoms with E-state index in [-0.39, 0.29) is 5.91 Å². The third-order valence-corrected chi connectivity index (χ3v) is 4.72. The molecule has 1 heterocycles. The number of benzene rings is 2. The molecule has 3 nitrogen and oxygen atoms in total. The van der Waals surface area contributed by atoms with Crippen molar-refractivity contribution in [2.45, 2.75) is 13.1 Å². The van der Waals surface area contributed by atoms with Gasteiger partial charge in [-0.1, -0.05) is 30.3 Å². The maximum Gasteiger partial charge on any atom is 0.416 e. The summed E-state index contributed by atoms with van der Waals surface area (Å²) in [5, 5.41) is 0. The van der Waals surface area contributed by atoms with Gasteiger partial charge in [0.15, 0.2) is 0 Å². The van der Waals surface area contributed by atoms with Crippen molar-refractivity contribution in [3.05, 3.63) is 71.3 Å². The van der Waals surface area contributed by atoms with Crippen LogP contribution < -0.4 is 4.90 Å². The van der Waals surface area contributed by atoms with E-state index in [0.29, 0.717) is 31.9 Å². The van der Waals surface area contributed by atoms with Gasteiger partial charge in [0.25, 0.3) is 0 Å². The number of alkyl halides is 3. The Kier molecular flexibility index (Phi) is 5.54. The van der Waals surface area contributed by atoms with E-state index in [9.17, 15) is 18.0 Å². The predicted octanol–water partition coefficient (Wildman–Crippen LogP) is 4.38.